The van der Waals surface area contributed by atoms with E-state index in [1.54, 1.807) is 38.1 Å². The first-order valence-electron chi connectivity index (χ1n) is 17.7. The fourth-order valence-corrected chi connectivity index (χ4v) is 6.11. The molecule has 0 radical (unpaired) electrons. The Labute approximate surface area is 317 Å². The first-order chi connectivity index (χ1) is 26.5. The number of nitroso groups, excluding NO2 is 1. The molecule has 6 N–H and O–H groups in total. The summed E-state index contributed by atoms with van der Waals surface area (Å²) in [5.41, 5.74) is 10.6. The number of urea groups is 1. The van der Waals surface area contributed by atoms with Gasteiger partial charge in [0.2, 0.25) is 11.8 Å². The summed E-state index contributed by atoms with van der Waals surface area (Å²) in [6.45, 7) is 3.62. The number of nitrogens with one attached hydrogen (secondary N) is 4. The van der Waals surface area contributed by atoms with E-state index in [-0.39, 0.29) is 49.5 Å². The fourth-order valence-electron chi connectivity index (χ4n) is 6.11. The monoisotopic (exact) mass is 750 g/mol. The van der Waals surface area contributed by atoms with E-state index in [9.17, 15) is 28.9 Å². The van der Waals surface area contributed by atoms with Crippen LogP contribution in [0.25, 0.3) is 11.1 Å². The smallest absolute Gasteiger partial charge is 0.449 e. The summed E-state index contributed by atoms with van der Waals surface area (Å²) >= 11 is 0. The molecule has 0 fully saturated rings. The van der Waals surface area contributed by atoms with Gasteiger partial charge in [0.1, 0.15) is 36.7 Å². The summed E-state index contributed by atoms with van der Waals surface area (Å²) in [5, 5.41) is 13.4. The van der Waals surface area contributed by atoms with Crippen LogP contribution in [0.1, 0.15) is 49.3 Å². The van der Waals surface area contributed by atoms with Gasteiger partial charge in [0.25, 0.3) is 0 Å². The first-order valence-corrected chi connectivity index (χ1v) is 17.7. The standard InChI is InChI=1S/C40H42N6O9/c1-24(2)35(45-39(50)53-23-33-31-10-5-3-8-29(31)30-9-4-6-11-32(30)33)37(48)44-34(12-7-21-42-38(41)49)36(47)43-26-15-13-25(14-16-26)22-54-40(51)55-28-19-17-27(46-52)18-20-28/h3-6,8-11,13-20,24,33-35H,7,12,21-23H2,1-2H3,(H,43,47)(H,44,48)(H,45,50)(H3,41,42,49)/t34-,35-/m0/s1. The minimum atomic E-state index is -1.05. The number of rotatable bonds is 16. The van der Waals surface area contributed by atoms with Gasteiger partial charge in [-0.15, -0.1) is 4.91 Å². The molecule has 0 aliphatic heterocycles. The number of nitrogens with two attached hydrogens (primary N) is 1. The van der Waals surface area contributed by atoms with Crippen molar-refractivity contribution < 1.29 is 38.2 Å². The summed E-state index contributed by atoms with van der Waals surface area (Å²) in [5.74, 6) is -1.49. The van der Waals surface area contributed by atoms with Crippen molar-refractivity contribution in [3.8, 4) is 16.9 Å². The number of benzene rings is 4. The lowest BCUT2D eigenvalue weighted by atomic mass is 9.98. The average Bonchev–Trinajstić information content (AvgIpc) is 3.50. The van der Waals surface area contributed by atoms with Gasteiger partial charge in [0.05, 0.1) is 0 Å². The highest BCUT2D eigenvalue weighted by Gasteiger charge is 2.32. The summed E-state index contributed by atoms with van der Waals surface area (Å²) in [4.78, 5) is 74.1. The highest BCUT2D eigenvalue weighted by molar-refractivity contribution is 5.98. The maximum absolute atomic E-state index is 13.6. The molecular weight excluding hydrogens is 708 g/mol. The molecule has 0 saturated heterocycles. The van der Waals surface area contributed by atoms with Gasteiger partial charge < -0.3 is 41.2 Å². The second-order valence-electron chi connectivity index (χ2n) is 13.1. The molecule has 0 spiro atoms. The number of anilines is 1. The van der Waals surface area contributed by atoms with Crippen LogP contribution in [-0.2, 0) is 25.7 Å². The van der Waals surface area contributed by atoms with Crippen LogP contribution in [0.15, 0.2) is 102 Å². The third kappa shape index (κ3) is 10.9. The summed E-state index contributed by atoms with van der Waals surface area (Å²) in [6.07, 6.45) is -1.29. The van der Waals surface area contributed by atoms with Crippen molar-refractivity contribution in [2.24, 2.45) is 16.8 Å². The van der Waals surface area contributed by atoms with E-state index in [1.807, 2.05) is 48.5 Å². The van der Waals surface area contributed by atoms with Crippen molar-refractivity contribution >= 4 is 41.5 Å². The van der Waals surface area contributed by atoms with E-state index in [2.05, 4.69) is 26.4 Å². The lowest BCUT2D eigenvalue weighted by Gasteiger charge is -2.25. The number of alkyl carbamates (subject to hydrolysis) is 1. The summed E-state index contributed by atoms with van der Waals surface area (Å²) in [7, 11) is 0. The molecule has 2 atom stereocenters. The number of carbonyl (C=O) groups is 5. The number of primary amides is 1. The second kappa shape index (κ2) is 18.8. The Kier molecular flexibility index (Phi) is 13.5. The van der Waals surface area contributed by atoms with Crippen molar-refractivity contribution in [2.45, 2.75) is 51.3 Å². The van der Waals surface area contributed by atoms with Crippen LogP contribution in [0.3, 0.4) is 0 Å². The van der Waals surface area contributed by atoms with Crippen LogP contribution in [0.2, 0.25) is 0 Å². The summed E-state index contributed by atoms with van der Waals surface area (Å²) in [6, 6.07) is 25.1. The van der Waals surface area contributed by atoms with Gasteiger partial charge in [0.15, 0.2) is 0 Å². The van der Waals surface area contributed by atoms with Crippen molar-refractivity contribution in [2.75, 3.05) is 18.5 Å². The van der Waals surface area contributed by atoms with E-state index in [1.165, 1.54) is 24.3 Å². The van der Waals surface area contributed by atoms with Crippen LogP contribution in [0, 0.1) is 10.8 Å². The third-order valence-electron chi connectivity index (χ3n) is 8.89. The molecule has 286 valence electrons. The van der Waals surface area contributed by atoms with Crippen molar-refractivity contribution in [3.63, 3.8) is 0 Å². The van der Waals surface area contributed by atoms with Crippen LogP contribution in [0.4, 0.5) is 25.8 Å². The Hall–Kier alpha value is -6.77. The Bertz CT molecular complexity index is 1960. The lowest BCUT2D eigenvalue weighted by Crippen LogP contribution is -2.54. The van der Waals surface area contributed by atoms with E-state index >= 15 is 0 Å². The molecule has 55 heavy (non-hydrogen) atoms. The maximum Gasteiger partial charge on any atom is 0.514 e. The molecule has 0 unspecified atom stereocenters. The van der Waals surface area contributed by atoms with Gasteiger partial charge in [-0.2, -0.15) is 0 Å². The van der Waals surface area contributed by atoms with Gasteiger partial charge in [-0.3, -0.25) is 9.59 Å². The number of carbonyl (C=O) groups excluding carboxylic acids is 5. The van der Waals surface area contributed by atoms with Crippen LogP contribution < -0.4 is 31.7 Å². The van der Waals surface area contributed by atoms with Crippen molar-refractivity contribution in [1.82, 2.24) is 16.0 Å². The van der Waals surface area contributed by atoms with Crippen LogP contribution >= 0.6 is 0 Å². The second-order valence-corrected chi connectivity index (χ2v) is 13.1. The van der Waals surface area contributed by atoms with E-state index in [0.717, 1.165) is 22.3 Å². The van der Waals surface area contributed by atoms with Gasteiger partial charge >= 0.3 is 18.3 Å². The lowest BCUT2D eigenvalue weighted by molar-refractivity contribution is -0.128. The zero-order chi connectivity index (χ0) is 39.3. The minimum Gasteiger partial charge on any atom is -0.449 e. The number of nitrogens with zero attached hydrogens (tertiary/aromatic N) is 1. The molecule has 4 aromatic rings. The van der Waals surface area contributed by atoms with E-state index in [0.29, 0.717) is 17.7 Å². The molecule has 4 aromatic carbocycles. The first kappa shape index (κ1) is 39.4. The number of fused-ring (bicyclic) bond motifs is 3. The Balaban J connectivity index is 1.16. The molecule has 1 aliphatic rings. The molecule has 0 heterocycles. The molecule has 0 bridgehead atoms. The molecule has 5 amide bonds. The quantitative estimate of drug-likeness (QED) is 0.0379. The van der Waals surface area contributed by atoms with Crippen molar-refractivity contribution in [1.29, 1.82) is 0 Å². The average molecular weight is 751 g/mol. The maximum atomic E-state index is 13.6. The molecule has 15 nitrogen and oxygen atoms in total. The number of hydrogen-bond donors (Lipinski definition) is 5. The van der Waals surface area contributed by atoms with Crippen molar-refractivity contribution in [3.05, 3.63) is 119 Å². The summed E-state index contributed by atoms with van der Waals surface area (Å²) < 4.78 is 15.9. The molecule has 1 aliphatic carbocycles. The van der Waals surface area contributed by atoms with Gasteiger partial charge in [-0.1, -0.05) is 74.5 Å². The minimum absolute atomic E-state index is 0.0646. The number of amides is 5. The van der Waals surface area contributed by atoms with Crippen LogP contribution in [-0.4, -0.2) is 55.3 Å². The zero-order valence-electron chi connectivity index (χ0n) is 30.3. The molecular formula is C40H42N6O9. The van der Waals surface area contributed by atoms with Gasteiger partial charge in [-0.25, -0.2) is 14.4 Å². The van der Waals surface area contributed by atoms with E-state index in [4.69, 9.17) is 19.9 Å². The molecule has 5 rings (SSSR count). The Morgan fingerprint density at radius 1 is 0.782 bits per heavy atom. The largest absolute Gasteiger partial charge is 0.514 e. The predicted molar refractivity (Wildman–Crippen MR) is 203 cm³/mol. The molecule has 0 aromatic heterocycles. The van der Waals surface area contributed by atoms with Gasteiger partial charge in [-0.05, 0) is 88.2 Å². The topological polar surface area (TPSA) is 217 Å². The highest BCUT2D eigenvalue weighted by Crippen LogP contribution is 2.44. The SMILES string of the molecule is CC(C)[C@H](NC(=O)OCC1c2ccccc2-c2ccccc21)C(=O)N[C@@H](CCCNC(N)=O)C(=O)Nc1ccc(COC(=O)Oc2ccc(N=O)cc2)cc1. The molecule has 15 heteroatoms. The van der Waals surface area contributed by atoms with Gasteiger partial charge in [0, 0.05) is 18.2 Å². The molecule has 0 saturated carbocycles. The number of ether oxygens (including phenoxy) is 3. The number of hydrogen-bond acceptors (Lipinski definition) is 10. The normalized spacial score (nSPS) is 12.6. The highest BCUT2D eigenvalue weighted by atomic mass is 16.7. The zero-order valence-corrected chi connectivity index (χ0v) is 30.3. The van der Waals surface area contributed by atoms with Crippen LogP contribution in [0.5, 0.6) is 5.75 Å². The Morgan fingerprint density at radius 3 is 2.02 bits per heavy atom. The van der Waals surface area contributed by atoms with E-state index < -0.39 is 42.2 Å². The predicted octanol–water partition coefficient (Wildman–Crippen LogP) is 6.24. The Morgan fingerprint density at radius 2 is 1.42 bits per heavy atom. The third-order valence-corrected chi connectivity index (χ3v) is 8.89. The fraction of sp³-hybridized carbons (Fsp3) is 0.275.